The zero-order valence-electron chi connectivity index (χ0n) is 12.9. The lowest BCUT2D eigenvalue weighted by atomic mass is 9.98. The van der Waals surface area contributed by atoms with E-state index in [9.17, 15) is 36.6 Å². The number of hydrogen-bond donors (Lipinski definition) is 2. The van der Waals surface area contributed by atoms with Crippen LogP contribution in [0.5, 0.6) is 11.5 Å². The van der Waals surface area contributed by atoms with Gasteiger partial charge in [-0.3, -0.25) is 4.98 Å². The molecule has 0 spiro atoms. The molecule has 0 atom stereocenters. The van der Waals surface area contributed by atoms with Crippen molar-refractivity contribution in [2.75, 3.05) is 0 Å². The van der Waals surface area contributed by atoms with E-state index in [0.29, 0.717) is 12.1 Å². The third kappa shape index (κ3) is 2.52. The smallest absolute Gasteiger partial charge is 0.371 e. The number of hydrogen-bond acceptors (Lipinski definition) is 5. The average Bonchev–Trinajstić information content (AvgIpc) is 2.70. The van der Waals surface area contributed by atoms with Crippen molar-refractivity contribution in [1.29, 1.82) is 5.26 Å². The molecule has 0 unspecified atom stereocenters. The maximum Gasteiger partial charge on any atom is 0.371 e. The van der Waals surface area contributed by atoms with Crippen molar-refractivity contribution in [3.63, 3.8) is 0 Å². The van der Waals surface area contributed by atoms with Crippen LogP contribution >= 0.6 is 0 Å². The Morgan fingerprint density at radius 2 is 1.78 bits per heavy atom. The molecule has 27 heavy (non-hydrogen) atoms. The summed E-state index contributed by atoms with van der Waals surface area (Å²) in [6.07, 6.45) is -1.54. The highest BCUT2D eigenvalue weighted by Gasteiger charge is 2.77. The summed E-state index contributed by atoms with van der Waals surface area (Å²) in [5, 5.41) is 28.0. The standard InChI is InChI=1S/C16H8F6N2O3/c17-13(18)11-10(27-8-3-7(4-23)5-24-6-8)2-1-9-12(11)15(25,26)16(21,22)14(9,19)20/h1-3,5-6,13,25-26H. The summed E-state index contributed by atoms with van der Waals surface area (Å²) in [5.41, 5.74) is -4.93. The normalized spacial score (nSPS) is 18.8. The van der Waals surface area contributed by atoms with Crippen molar-refractivity contribution in [3.05, 3.63) is 52.8 Å². The predicted molar refractivity (Wildman–Crippen MR) is 75.4 cm³/mol. The number of aromatic nitrogens is 1. The zero-order valence-corrected chi connectivity index (χ0v) is 12.9. The third-order valence-corrected chi connectivity index (χ3v) is 4.01. The molecule has 2 N–H and O–H groups in total. The minimum absolute atomic E-state index is 0.0241. The van der Waals surface area contributed by atoms with Crippen LogP contribution < -0.4 is 4.74 Å². The summed E-state index contributed by atoms with van der Waals surface area (Å²) in [6, 6.07) is 3.69. The summed E-state index contributed by atoms with van der Waals surface area (Å²) in [6.45, 7) is 0. The van der Waals surface area contributed by atoms with E-state index in [1.54, 1.807) is 6.07 Å². The zero-order chi connectivity index (χ0) is 20.2. The number of benzene rings is 1. The number of pyridine rings is 1. The number of nitriles is 1. The van der Waals surface area contributed by atoms with E-state index in [2.05, 4.69) is 4.98 Å². The minimum Gasteiger partial charge on any atom is -0.455 e. The molecular formula is C16H8F6N2O3. The van der Waals surface area contributed by atoms with Gasteiger partial charge in [-0.05, 0) is 12.1 Å². The lowest BCUT2D eigenvalue weighted by molar-refractivity contribution is -0.358. The van der Waals surface area contributed by atoms with Crippen LogP contribution in [-0.2, 0) is 11.7 Å². The van der Waals surface area contributed by atoms with Gasteiger partial charge in [0.1, 0.15) is 17.6 Å². The Morgan fingerprint density at radius 1 is 1.11 bits per heavy atom. The van der Waals surface area contributed by atoms with Crippen molar-refractivity contribution >= 4 is 0 Å². The van der Waals surface area contributed by atoms with Gasteiger partial charge in [0.15, 0.2) is 0 Å². The fourth-order valence-electron chi connectivity index (χ4n) is 2.75. The molecule has 5 nitrogen and oxygen atoms in total. The molecule has 0 saturated heterocycles. The van der Waals surface area contributed by atoms with E-state index in [4.69, 9.17) is 10.00 Å². The summed E-state index contributed by atoms with van der Waals surface area (Å²) < 4.78 is 87.5. The van der Waals surface area contributed by atoms with Crippen LogP contribution in [0.2, 0.25) is 0 Å². The van der Waals surface area contributed by atoms with Crippen molar-refractivity contribution in [3.8, 4) is 17.6 Å². The van der Waals surface area contributed by atoms with Crippen LogP contribution in [0.4, 0.5) is 26.3 Å². The molecule has 1 aliphatic rings. The van der Waals surface area contributed by atoms with Crippen molar-refractivity contribution in [2.45, 2.75) is 24.1 Å². The molecule has 11 heteroatoms. The SMILES string of the molecule is N#Cc1cncc(Oc2ccc3c(c2C(F)F)C(O)(O)C(F)(F)C3(F)F)c1. The molecule has 0 aliphatic heterocycles. The molecule has 1 aromatic carbocycles. The van der Waals surface area contributed by atoms with Gasteiger partial charge in [0.25, 0.3) is 12.2 Å². The van der Waals surface area contributed by atoms with Gasteiger partial charge in [-0.1, -0.05) is 0 Å². The number of rotatable bonds is 3. The second-order valence-corrected chi connectivity index (χ2v) is 5.64. The second-order valence-electron chi connectivity index (χ2n) is 5.64. The Morgan fingerprint density at radius 3 is 2.37 bits per heavy atom. The van der Waals surface area contributed by atoms with Gasteiger partial charge in [0.05, 0.1) is 17.3 Å². The topological polar surface area (TPSA) is 86.4 Å². The predicted octanol–water partition coefficient (Wildman–Crippen LogP) is 3.56. The number of halogens is 6. The Balaban J connectivity index is 2.22. The Kier molecular flexibility index (Phi) is 4.09. The molecule has 142 valence electrons. The molecule has 1 aliphatic carbocycles. The Labute approximate surface area is 147 Å². The van der Waals surface area contributed by atoms with Gasteiger partial charge >= 0.3 is 11.8 Å². The average molecular weight is 390 g/mol. The van der Waals surface area contributed by atoms with Crippen LogP contribution in [0.1, 0.15) is 28.7 Å². The minimum atomic E-state index is -5.45. The highest BCUT2D eigenvalue weighted by Crippen LogP contribution is 2.62. The Bertz CT molecular complexity index is 956. The van der Waals surface area contributed by atoms with Crippen LogP contribution in [0.15, 0.2) is 30.6 Å². The van der Waals surface area contributed by atoms with Crippen LogP contribution in [-0.4, -0.2) is 21.1 Å². The lowest BCUT2D eigenvalue weighted by Gasteiger charge is -2.28. The monoisotopic (exact) mass is 390 g/mol. The first-order valence-corrected chi connectivity index (χ1v) is 7.14. The maximum atomic E-state index is 13.9. The quantitative estimate of drug-likeness (QED) is 0.618. The lowest BCUT2D eigenvalue weighted by Crippen LogP contribution is -2.49. The largest absolute Gasteiger partial charge is 0.455 e. The van der Waals surface area contributed by atoms with Crippen LogP contribution in [0.25, 0.3) is 0 Å². The number of fused-ring (bicyclic) bond motifs is 1. The van der Waals surface area contributed by atoms with E-state index in [1.807, 2.05) is 0 Å². The van der Waals surface area contributed by atoms with Gasteiger partial charge in [0.2, 0.25) is 0 Å². The van der Waals surface area contributed by atoms with E-state index >= 15 is 0 Å². The summed E-state index contributed by atoms with van der Waals surface area (Å²) in [7, 11) is 0. The third-order valence-electron chi connectivity index (χ3n) is 4.01. The maximum absolute atomic E-state index is 13.9. The number of alkyl halides is 6. The van der Waals surface area contributed by atoms with E-state index in [-0.39, 0.29) is 11.3 Å². The summed E-state index contributed by atoms with van der Waals surface area (Å²) in [5.74, 6) is -16.2. The highest BCUT2D eigenvalue weighted by molar-refractivity contribution is 5.55. The molecule has 0 radical (unpaired) electrons. The van der Waals surface area contributed by atoms with Crippen molar-refractivity contribution in [1.82, 2.24) is 4.98 Å². The summed E-state index contributed by atoms with van der Waals surface area (Å²) >= 11 is 0. The molecule has 0 bridgehead atoms. The van der Waals surface area contributed by atoms with Crippen molar-refractivity contribution in [2.24, 2.45) is 0 Å². The van der Waals surface area contributed by atoms with E-state index in [0.717, 1.165) is 18.5 Å². The molecule has 1 aromatic heterocycles. The molecule has 1 heterocycles. The molecule has 0 saturated carbocycles. The Hall–Kier alpha value is -2.84. The van der Waals surface area contributed by atoms with Gasteiger partial charge in [-0.25, -0.2) is 8.78 Å². The number of aliphatic hydroxyl groups is 2. The van der Waals surface area contributed by atoms with E-state index in [1.165, 1.54) is 0 Å². The fourth-order valence-corrected chi connectivity index (χ4v) is 2.75. The van der Waals surface area contributed by atoms with Gasteiger partial charge in [-0.2, -0.15) is 22.8 Å². The molecule has 0 fully saturated rings. The molecule has 3 rings (SSSR count). The fraction of sp³-hybridized carbons (Fsp3) is 0.250. The number of ether oxygens (including phenoxy) is 1. The number of nitrogens with zero attached hydrogens (tertiary/aromatic N) is 2. The molecule has 2 aromatic rings. The summed E-state index contributed by atoms with van der Waals surface area (Å²) in [4.78, 5) is 3.60. The van der Waals surface area contributed by atoms with Crippen LogP contribution in [0.3, 0.4) is 0 Å². The first-order chi connectivity index (χ1) is 12.4. The van der Waals surface area contributed by atoms with Gasteiger partial charge in [0, 0.05) is 23.4 Å². The second kappa shape index (κ2) is 5.83. The molecular weight excluding hydrogens is 382 g/mol. The van der Waals surface area contributed by atoms with E-state index < -0.39 is 46.5 Å². The van der Waals surface area contributed by atoms with Gasteiger partial charge in [-0.15, -0.1) is 0 Å². The van der Waals surface area contributed by atoms with Crippen molar-refractivity contribution < 1.29 is 41.3 Å². The first-order valence-electron chi connectivity index (χ1n) is 7.14. The highest BCUT2D eigenvalue weighted by atomic mass is 19.3. The first kappa shape index (κ1) is 18.9. The van der Waals surface area contributed by atoms with Crippen LogP contribution in [0, 0.1) is 11.3 Å². The van der Waals surface area contributed by atoms with Gasteiger partial charge < -0.3 is 14.9 Å². The molecule has 0 amide bonds.